The highest BCUT2D eigenvalue weighted by Crippen LogP contribution is 2.22. The van der Waals surface area contributed by atoms with Crippen LogP contribution in [-0.4, -0.2) is 0 Å². The SMILES string of the molecule is CC1=C=C(C(C)C)C=C1C. The minimum Gasteiger partial charge on any atom is -0.114 e. The van der Waals surface area contributed by atoms with E-state index in [4.69, 9.17) is 0 Å². The van der Waals surface area contributed by atoms with Gasteiger partial charge in [-0.25, -0.2) is 0 Å². The first-order chi connectivity index (χ1) is 4.61. The van der Waals surface area contributed by atoms with Gasteiger partial charge in [0.2, 0.25) is 0 Å². The van der Waals surface area contributed by atoms with E-state index in [9.17, 15) is 0 Å². The Kier molecular flexibility index (Phi) is 1.82. The predicted molar refractivity (Wildman–Crippen MR) is 44.8 cm³/mol. The molecule has 0 aromatic heterocycles. The third-order valence-corrected chi connectivity index (χ3v) is 1.92. The van der Waals surface area contributed by atoms with Gasteiger partial charge in [0.05, 0.1) is 0 Å². The lowest BCUT2D eigenvalue weighted by Crippen LogP contribution is -1.86. The van der Waals surface area contributed by atoms with Crippen LogP contribution in [0.1, 0.15) is 27.7 Å². The largest absolute Gasteiger partial charge is 0.114 e. The van der Waals surface area contributed by atoms with Gasteiger partial charge in [0.15, 0.2) is 0 Å². The molecule has 1 aliphatic carbocycles. The molecule has 0 aromatic rings. The molecule has 10 heavy (non-hydrogen) atoms. The molecule has 1 aliphatic rings. The summed E-state index contributed by atoms with van der Waals surface area (Å²) in [5, 5.41) is 0. The zero-order chi connectivity index (χ0) is 7.72. The third-order valence-electron chi connectivity index (χ3n) is 1.92. The number of rotatable bonds is 1. The van der Waals surface area contributed by atoms with Crippen LogP contribution in [0.3, 0.4) is 0 Å². The highest BCUT2D eigenvalue weighted by atomic mass is 14.1. The number of hydrogen-bond acceptors (Lipinski definition) is 0. The van der Waals surface area contributed by atoms with Crippen molar-refractivity contribution >= 4 is 0 Å². The van der Waals surface area contributed by atoms with Gasteiger partial charge >= 0.3 is 0 Å². The molecule has 54 valence electrons. The van der Waals surface area contributed by atoms with E-state index < -0.39 is 0 Å². The van der Waals surface area contributed by atoms with Crippen molar-refractivity contribution in [1.82, 2.24) is 0 Å². The molecule has 0 atom stereocenters. The molecule has 0 heterocycles. The summed E-state index contributed by atoms with van der Waals surface area (Å²) in [6, 6.07) is 0. The molecule has 1 rings (SSSR count). The summed E-state index contributed by atoms with van der Waals surface area (Å²) in [5.74, 6) is 0.618. The van der Waals surface area contributed by atoms with E-state index in [1.165, 1.54) is 16.7 Å². The summed E-state index contributed by atoms with van der Waals surface area (Å²) < 4.78 is 0. The Hall–Kier alpha value is -0.740. The van der Waals surface area contributed by atoms with Gasteiger partial charge in [-0.2, -0.15) is 0 Å². The van der Waals surface area contributed by atoms with Gasteiger partial charge in [-0.15, -0.1) is 5.73 Å². The molecule has 0 aromatic carbocycles. The van der Waals surface area contributed by atoms with Crippen molar-refractivity contribution in [1.29, 1.82) is 0 Å². The van der Waals surface area contributed by atoms with Crippen molar-refractivity contribution in [3.8, 4) is 0 Å². The Labute approximate surface area is 62.9 Å². The van der Waals surface area contributed by atoms with E-state index in [2.05, 4.69) is 39.5 Å². The predicted octanol–water partition coefficient (Wildman–Crippen LogP) is 3.07. The van der Waals surface area contributed by atoms with Crippen LogP contribution in [0.4, 0.5) is 0 Å². The lowest BCUT2D eigenvalue weighted by molar-refractivity contribution is 0.795. The molecular weight excluding hydrogens is 120 g/mol. The Bertz CT molecular complexity index is 233. The second-order valence-electron chi connectivity index (χ2n) is 3.19. The fourth-order valence-corrected chi connectivity index (χ4v) is 1.00. The Morgan fingerprint density at radius 1 is 1.30 bits per heavy atom. The van der Waals surface area contributed by atoms with Crippen molar-refractivity contribution in [2.24, 2.45) is 5.92 Å². The summed E-state index contributed by atoms with van der Waals surface area (Å²) in [6.45, 7) is 8.65. The minimum absolute atomic E-state index is 0.618. The molecule has 0 spiro atoms. The van der Waals surface area contributed by atoms with Crippen LogP contribution in [0.25, 0.3) is 0 Å². The topological polar surface area (TPSA) is 0 Å². The maximum atomic E-state index is 3.34. The molecule has 0 fully saturated rings. The highest BCUT2D eigenvalue weighted by Gasteiger charge is 2.06. The molecular formula is C10H14. The van der Waals surface area contributed by atoms with Gasteiger partial charge < -0.3 is 0 Å². The van der Waals surface area contributed by atoms with Crippen LogP contribution in [-0.2, 0) is 0 Å². The molecule has 0 bridgehead atoms. The van der Waals surface area contributed by atoms with E-state index in [0.29, 0.717) is 5.92 Å². The molecule has 0 aliphatic heterocycles. The van der Waals surface area contributed by atoms with E-state index in [1.807, 2.05) is 0 Å². The molecule has 0 saturated carbocycles. The zero-order valence-electron chi connectivity index (χ0n) is 7.15. The fraction of sp³-hybridized carbons (Fsp3) is 0.500. The van der Waals surface area contributed by atoms with Gasteiger partial charge in [0.1, 0.15) is 0 Å². The first-order valence-corrected chi connectivity index (χ1v) is 3.77. The molecule has 0 nitrogen and oxygen atoms in total. The summed E-state index contributed by atoms with van der Waals surface area (Å²) in [5.41, 5.74) is 7.35. The number of allylic oxidation sites excluding steroid dienone is 3. The van der Waals surface area contributed by atoms with Gasteiger partial charge in [0, 0.05) is 0 Å². The second kappa shape index (κ2) is 2.48. The fourth-order valence-electron chi connectivity index (χ4n) is 1.00. The normalized spacial score (nSPS) is 17.1. The second-order valence-corrected chi connectivity index (χ2v) is 3.19. The average molecular weight is 134 g/mol. The van der Waals surface area contributed by atoms with E-state index in [1.54, 1.807) is 0 Å². The zero-order valence-corrected chi connectivity index (χ0v) is 7.15. The standard InChI is InChI=1S/C10H14/c1-7(2)10-5-8(3)9(4)6-10/h5,7H,1-4H3. The van der Waals surface area contributed by atoms with Gasteiger partial charge in [0.25, 0.3) is 0 Å². The van der Waals surface area contributed by atoms with E-state index >= 15 is 0 Å². The van der Waals surface area contributed by atoms with Crippen LogP contribution in [0.15, 0.2) is 28.5 Å². The molecule has 0 saturated heterocycles. The maximum Gasteiger partial charge on any atom is -0.00290 e. The van der Waals surface area contributed by atoms with Crippen molar-refractivity contribution in [3.05, 3.63) is 28.5 Å². The van der Waals surface area contributed by atoms with Crippen LogP contribution in [0.5, 0.6) is 0 Å². The van der Waals surface area contributed by atoms with Crippen LogP contribution in [0.2, 0.25) is 0 Å². The quantitative estimate of drug-likeness (QED) is 0.483. The molecule has 0 heteroatoms. The molecule has 0 N–H and O–H groups in total. The van der Waals surface area contributed by atoms with E-state index in [-0.39, 0.29) is 0 Å². The monoisotopic (exact) mass is 134 g/mol. The van der Waals surface area contributed by atoms with Gasteiger partial charge in [-0.05, 0) is 42.6 Å². The Morgan fingerprint density at radius 3 is 2.10 bits per heavy atom. The molecule has 0 unspecified atom stereocenters. The van der Waals surface area contributed by atoms with Crippen molar-refractivity contribution < 1.29 is 0 Å². The van der Waals surface area contributed by atoms with Crippen LogP contribution in [0, 0.1) is 5.92 Å². The summed E-state index contributed by atoms with van der Waals surface area (Å²) >= 11 is 0. The lowest BCUT2D eigenvalue weighted by atomic mass is 10.1. The average Bonchev–Trinajstić information content (AvgIpc) is 2.13. The van der Waals surface area contributed by atoms with Gasteiger partial charge in [-0.3, -0.25) is 0 Å². The molecule has 0 radical (unpaired) electrons. The van der Waals surface area contributed by atoms with Crippen molar-refractivity contribution in [2.45, 2.75) is 27.7 Å². The van der Waals surface area contributed by atoms with E-state index in [0.717, 1.165) is 0 Å². The van der Waals surface area contributed by atoms with Crippen LogP contribution < -0.4 is 0 Å². The van der Waals surface area contributed by atoms with Crippen molar-refractivity contribution in [2.75, 3.05) is 0 Å². The van der Waals surface area contributed by atoms with Crippen molar-refractivity contribution in [3.63, 3.8) is 0 Å². The Balaban J connectivity index is 2.95. The molecule has 0 amide bonds. The first-order valence-electron chi connectivity index (χ1n) is 3.77. The summed E-state index contributed by atoms with van der Waals surface area (Å²) in [7, 11) is 0. The highest BCUT2D eigenvalue weighted by molar-refractivity contribution is 5.42. The summed E-state index contributed by atoms with van der Waals surface area (Å²) in [6.07, 6.45) is 2.22. The number of hydrogen-bond donors (Lipinski definition) is 0. The first kappa shape index (κ1) is 7.37. The van der Waals surface area contributed by atoms with Crippen LogP contribution >= 0.6 is 0 Å². The third kappa shape index (κ3) is 1.22. The minimum atomic E-state index is 0.618. The lowest BCUT2D eigenvalue weighted by Gasteiger charge is -1.98. The Morgan fingerprint density at radius 2 is 1.90 bits per heavy atom. The maximum absolute atomic E-state index is 3.34. The summed E-state index contributed by atoms with van der Waals surface area (Å²) in [4.78, 5) is 0. The van der Waals surface area contributed by atoms with Gasteiger partial charge in [-0.1, -0.05) is 13.8 Å². The smallest absolute Gasteiger partial charge is 0.00290 e.